The topological polar surface area (TPSA) is 109 Å². The molecule has 1 aliphatic rings. The Balaban J connectivity index is 1.76. The van der Waals surface area contributed by atoms with Gasteiger partial charge in [0, 0.05) is 19.1 Å². The molecule has 2 N–H and O–H groups in total. The monoisotopic (exact) mass is 376 g/mol. The first-order chi connectivity index (χ1) is 13.0. The van der Waals surface area contributed by atoms with Gasteiger partial charge in [-0.15, -0.1) is 0 Å². The molecule has 1 aromatic carbocycles. The fourth-order valence-electron chi connectivity index (χ4n) is 2.24. The molecule has 0 atom stereocenters. The van der Waals surface area contributed by atoms with Gasteiger partial charge in [-0.3, -0.25) is 14.4 Å². The molecule has 0 bridgehead atoms. The highest BCUT2D eigenvalue weighted by molar-refractivity contribution is 6.35. The van der Waals surface area contributed by atoms with E-state index in [1.807, 2.05) is 0 Å². The third-order valence-corrected chi connectivity index (χ3v) is 3.61. The maximum Gasteiger partial charge on any atom is 0.329 e. The van der Waals surface area contributed by atoms with Crippen LogP contribution in [-0.4, -0.2) is 67.8 Å². The van der Waals surface area contributed by atoms with E-state index in [0.29, 0.717) is 37.6 Å². The van der Waals surface area contributed by atoms with Crippen LogP contribution in [-0.2, 0) is 19.1 Å². The predicted molar refractivity (Wildman–Crippen MR) is 98.4 cm³/mol. The largest absolute Gasteiger partial charge is 0.484 e. The first kappa shape index (κ1) is 20.4. The van der Waals surface area contributed by atoms with Gasteiger partial charge in [0.05, 0.1) is 19.4 Å². The number of benzene rings is 1. The SMILES string of the molecule is CC(C)NC(=O)C(=O)N/N=C\c1ccc(OCC(=O)N2CCOCC2)cc1. The van der Waals surface area contributed by atoms with Gasteiger partial charge in [-0.2, -0.15) is 5.10 Å². The van der Waals surface area contributed by atoms with E-state index in [0.717, 1.165) is 0 Å². The number of nitrogens with one attached hydrogen (secondary N) is 2. The van der Waals surface area contributed by atoms with Crippen LogP contribution in [0.1, 0.15) is 19.4 Å². The molecular formula is C18H24N4O5. The van der Waals surface area contributed by atoms with Crippen LogP contribution in [0.4, 0.5) is 0 Å². The first-order valence-corrected chi connectivity index (χ1v) is 8.68. The minimum Gasteiger partial charge on any atom is -0.484 e. The summed E-state index contributed by atoms with van der Waals surface area (Å²) in [4.78, 5) is 36.7. The summed E-state index contributed by atoms with van der Waals surface area (Å²) in [6.45, 7) is 5.75. The van der Waals surface area contributed by atoms with Crippen molar-refractivity contribution in [3.8, 4) is 5.75 Å². The second-order valence-electron chi connectivity index (χ2n) is 6.18. The van der Waals surface area contributed by atoms with Crippen molar-refractivity contribution in [3.05, 3.63) is 29.8 Å². The molecule has 146 valence electrons. The van der Waals surface area contributed by atoms with Crippen LogP contribution in [0.25, 0.3) is 0 Å². The number of hydrogen-bond donors (Lipinski definition) is 2. The van der Waals surface area contributed by atoms with E-state index in [-0.39, 0.29) is 18.6 Å². The zero-order valence-electron chi connectivity index (χ0n) is 15.4. The van der Waals surface area contributed by atoms with Crippen LogP contribution < -0.4 is 15.5 Å². The number of ether oxygens (including phenoxy) is 2. The zero-order chi connectivity index (χ0) is 19.6. The standard InChI is InChI=1S/C18H24N4O5/c1-13(2)20-17(24)18(25)21-19-11-14-3-5-15(6-4-14)27-12-16(23)22-7-9-26-10-8-22/h3-6,11,13H,7-10,12H2,1-2H3,(H,20,24)(H,21,25)/b19-11-. The summed E-state index contributed by atoms with van der Waals surface area (Å²) in [5.41, 5.74) is 2.85. The van der Waals surface area contributed by atoms with E-state index in [9.17, 15) is 14.4 Å². The molecule has 0 radical (unpaired) electrons. The Morgan fingerprint density at radius 3 is 2.48 bits per heavy atom. The van der Waals surface area contributed by atoms with Gasteiger partial charge in [-0.1, -0.05) is 0 Å². The van der Waals surface area contributed by atoms with Crippen LogP contribution in [0, 0.1) is 0 Å². The van der Waals surface area contributed by atoms with Gasteiger partial charge in [0.15, 0.2) is 6.61 Å². The van der Waals surface area contributed by atoms with Gasteiger partial charge >= 0.3 is 11.8 Å². The first-order valence-electron chi connectivity index (χ1n) is 8.68. The third-order valence-electron chi connectivity index (χ3n) is 3.61. The Labute approximate surface area is 157 Å². The Bertz CT molecular complexity index is 681. The fraction of sp³-hybridized carbons (Fsp3) is 0.444. The van der Waals surface area contributed by atoms with E-state index in [1.165, 1.54) is 6.21 Å². The lowest BCUT2D eigenvalue weighted by molar-refractivity contribution is -0.139. The number of amides is 3. The Morgan fingerprint density at radius 2 is 1.85 bits per heavy atom. The lowest BCUT2D eigenvalue weighted by Crippen LogP contribution is -2.42. The average Bonchev–Trinajstić information content (AvgIpc) is 2.67. The molecule has 1 heterocycles. The molecule has 2 rings (SSSR count). The van der Waals surface area contributed by atoms with E-state index in [2.05, 4.69) is 15.8 Å². The molecule has 27 heavy (non-hydrogen) atoms. The maximum atomic E-state index is 12.0. The lowest BCUT2D eigenvalue weighted by atomic mass is 10.2. The molecule has 1 fully saturated rings. The molecule has 9 heteroatoms. The molecule has 0 aromatic heterocycles. The molecule has 1 aromatic rings. The van der Waals surface area contributed by atoms with Gasteiger partial charge in [-0.05, 0) is 43.7 Å². The Morgan fingerprint density at radius 1 is 1.19 bits per heavy atom. The molecule has 0 aliphatic carbocycles. The molecule has 0 unspecified atom stereocenters. The number of carbonyl (C=O) groups excluding carboxylic acids is 3. The van der Waals surface area contributed by atoms with Gasteiger partial charge < -0.3 is 19.7 Å². The van der Waals surface area contributed by atoms with Crippen molar-refractivity contribution in [2.24, 2.45) is 5.10 Å². The minimum absolute atomic E-state index is 0.0333. The summed E-state index contributed by atoms with van der Waals surface area (Å²) in [5, 5.41) is 6.20. The Kier molecular flexibility index (Phi) is 7.75. The van der Waals surface area contributed by atoms with Crippen molar-refractivity contribution in [3.63, 3.8) is 0 Å². The van der Waals surface area contributed by atoms with Gasteiger partial charge in [0.25, 0.3) is 5.91 Å². The average molecular weight is 376 g/mol. The summed E-state index contributed by atoms with van der Waals surface area (Å²) in [6, 6.07) is 6.70. The number of hydrogen-bond acceptors (Lipinski definition) is 6. The maximum absolute atomic E-state index is 12.0. The minimum atomic E-state index is -0.832. The third kappa shape index (κ3) is 7.06. The molecule has 0 saturated carbocycles. The van der Waals surface area contributed by atoms with E-state index in [4.69, 9.17) is 9.47 Å². The van der Waals surface area contributed by atoms with Crippen molar-refractivity contribution in [1.29, 1.82) is 0 Å². The summed E-state index contributed by atoms with van der Waals surface area (Å²) in [6.07, 6.45) is 1.41. The lowest BCUT2D eigenvalue weighted by Gasteiger charge is -2.26. The number of morpholine rings is 1. The molecule has 1 aliphatic heterocycles. The van der Waals surface area contributed by atoms with Gasteiger partial charge in [0.2, 0.25) is 0 Å². The molecule has 9 nitrogen and oxygen atoms in total. The summed E-state index contributed by atoms with van der Waals surface area (Å²) < 4.78 is 10.7. The van der Waals surface area contributed by atoms with Crippen molar-refractivity contribution in [1.82, 2.24) is 15.6 Å². The van der Waals surface area contributed by atoms with Crippen LogP contribution >= 0.6 is 0 Å². The number of hydrazone groups is 1. The molecule has 3 amide bonds. The van der Waals surface area contributed by atoms with Crippen molar-refractivity contribution >= 4 is 23.9 Å². The predicted octanol–water partition coefficient (Wildman–Crippen LogP) is -0.101. The van der Waals surface area contributed by atoms with Crippen LogP contribution in [0.15, 0.2) is 29.4 Å². The number of carbonyl (C=O) groups is 3. The van der Waals surface area contributed by atoms with Crippen LogP contribution in [0.5, 0.6) is 5.75 Å². The van der Waals surface area contributed by atoms with Gasteiger partial charge in [-0.25, -0.2) is 5.43 Å². The quantitative estimate of drug-likeness (QED) is 0.409. The van der Waals surface area contributed by atoms with Gasteiger partial charge in [0.1, 0.15) is 5.75 Å². The molecular weight excluding hydrogens is 352 g/mol. The van der Waals surface area contributed by atoms with E-state index < -0.39 is 11.8 Å². The zero-order valence-corrected chi connectivity index (χ0v) is 15.4. The molecule has 0 spiro atoms. The Hall–Kier alpha value is -2.94. The number of nitrogens with zero attached hydrogens (tertiary/aromatic N) is 2. The highest BCUT2D eigenvalue weighted by Crippen LogP contribution is 2.11. The molecule has 1 saturated heterocycles. The van der Waals surface area contributed by atoms with E-state index in [1.54, 1.807) is 43.0 Å². The highest BCUT2D eigenvalue weighted by atomic mass is 16.5. The highest BCUT2D eigenvalue weighted by Gasteiger charge is 2.17. The normalized spacial score (nSPS) is 14.3. The fourth-order valence-corrected chi connectivity index (χ4v) is 2.24. The van der Waals surface area contributed by atoms with Crippen molar-refractivity contribution in [2.45, 2.75) is 19.9 Å². The summed E-state index contributed by atoms with van der Waals surface area (Å²) in [5.74, 6) is -1.10. The van der Waals surface area contributed by atoms with Crippen LogP contribution in [0.2, 0.25) is 0 Å². The van der Waals surface area contributed by atoms with E-state index >= 15 is 0 Å². The van der Waals surface area contributed by atoms with Crippen LogP contribution in [0.3, 0.4) is 0 Å². The smallest absolute Gasteiger partial charge is 0.329 e. The summed E-state index contributed by atoms with van der Waals surface area (Å²) >= 11 is 0. The number of rotatable bonds is 6. The second kappa shape index (κ2) is 10.3. The summed E-state index contributed by atoms with van der Waals surface area (Å²) in [7, 11) is 0. The second-order valence-corrected chi connectivity index (χ2v) is 6.18. The van der Waals surface area contributed by atoms with Crippen molar-refractivity contribution in [2.75, 3.05) is 32.9 Å². The van der Waals surface area contributed by atoms with Crippen molar-refractivity contribution < 1.29 is 23.9 Å².